The second-order valence-corrected chi connectivity index (χ2v) is 7.27. The number of carbonyl (C=O) groups excluding carboxylic acids is 1. The first-order valence-corrected chi connectivity index (χ1v) is 9.73. The first-order chi connectivity index (χ1) is 15.3. The predicted molar refractivity (Wildman–Crippen MR) is 107 cm³/mol. The molecule has 1 fully saturated rings. The number of hydrogen-bond acceptors (Lipinski definition) is 6. The molecule has 0 spiro atoms. The molecule has 1 saturated heterocycles. The number of alkyl halides is 3. The maximum absolute atomic E-state index is 12.8. The monoisotopic (exact) mass is 444 g/mol. The molecule has 2 aromatic heterocycles. The van der Waals surface area contributed by atoms with Crippen molar-refractivity contribution in [2.24, 2.45) is 0 Å². The Morgan fingerprint density at radius 1 is 1.19 bits per heavy atom. The van der Waals surface area contributed by atoms with Crippen molar-refractivity contribution in [3.63, 3.8) is 0 Å². The van der Waals surface area contributed by atoms with Gasteiger partial charge < -0.3 is 9.64 Å². The van der Waals surface area contributed by atoms with Crippen LogP contribution in [0.2, 0.25) is 0 Å². The van der Waals surface area contributed by atoms with E-state index in [0.717, 1.165) is 17.7 Å². The van der Waals surface area contributed by atoms with Crippen LogP contribution in [0.1, 0.15) is 17.2 Å². The highest BCUT2D eigenvalue weighted by atomic mass is 19.4. The van der Waals surface area contributed by atoms with Crippen molar-refractivity contribution in [1.82, 2.24) is 30.1 Å². The lowest BCUT2D eigenvalue weighted by molar-refractivity contribution is -0.137. The van der Waals surface area contributed by atoms with Crippen molar-refractivity contribution in [3.8, 4) is 11.3 Å². The van der Waals surface area contributed by atoms with E-state index in [0.29, 0.717) is 24.3 Å². The molecule has 3 aromatic rings. The quantitative estimate of drug-likeness (QED) is 0.544. The van der Waals surface area contributed by atoms with Crippen molar-refractivity contribution < 1.29 is 22.7 Å². The van der Waals surface area contributed by atoms with Crippen molar-refractivity contribution in [3.05, 3.63) is 72.7 Å². The minimum atomic E-state index is -4.39. The second kappa shape index (κ2) is 8.87. The van der Waals surface area contributed by atoms with Gasteiger partial charge in [-0.05, 0) is 29.8 Å². The number of hydrogen-bond donors (Lipinski definition) is 0. The van der Waals surface area contributed by atoms with Gasteiger partial charge in [0.15, 0.2) is 0 Å². The highest BCUT2D eigenvalue weighted by molar-refractivity contribution is 5.87. The van der Waals surface area contributed by atoms with Crippen molar-refractivity contribution in [2.45, 2.75) is 24.9 Å². The summed E-state index contributed by atoms with van der Waals surface area (Å²) in [6, 6.07) is 6.22. The zero-order valence-corrected chi connectivity index (χ0v) is 16.8. The summed E-state index contributed by atoms with van der Waals surface area (Å²) < 4.78 is 45.9. The zero-order valence-electron chi connectivity index (χ0n) is 16.8. The molecule has 166 valence electrons. The highest BCUT2D eigenvalue weighted by Crippen LogP contribution is 2.30. The lowest BCUT2D eigenvalue weighted by atomic mass is 10.1. The van der Waals surface area contributed by atoms with E-state index >= 15 is 0 Å². The number of aromatic nitrogens is 5. The molecule has 3 heterocycles. The van der Waals surface area contributed by atoms with Crippen LogP contribution in [0.5, 0.6) is 0 Å². The van der Waals surface area contributed by atoms with E-state index in [-0.39, 0.29) is 18.6 Å². The first-order valence-electron chi connectivity index (χ1n) is 9.73. The minimum Gasteiger partial charge on any atom is -0.369 e. The summed E-state index contributed by atoms with van der Waals surface area (Å²) in [4.78, 5) is 13.7. The second-order valence-electron chi connectivity index (χ2n) is 7.27. The van der Waals surface area contributed by atoms with Gasteiger partial charge in [0, 0.05) is 18.7 Å². The Balaban J connectivity index is 1.50. The minimum absolute atomic E-state index is 0.0885. The van der Waals surface area contributed by atoms with E-state index in [9.17, 15) is 18.0 Å². The van der Waals surface area contributed by atoms with Crippen LogP contribution in [0.25, 0.3) is 11.3 Å². The van der Waals surface area contributed by atoms with Crippen LogP contribution in [0, 0.1) is 0 Å². The number of benzene rings is 1. The summed E-state index contributed by atoms with van der Waals surface area (Å²) in [7, 11) is 0. The molecule has 0 saturated carbocycles. The number of amides is 1. The van der Waals surface area contributed by atoms with Gasteiger partial charge in [0.2, 0.25) is 5.91 Å². The van der Waals surface area contributed by atoms with Gasteiger partial charge in [-0.1, -0.05) is 23.9 Å². The molecule has 8 nitrogen and oxygen atoms in total. The van der Waals surface area contributed by atoms with Crippen LogP contribution in [-0.2, 0) is 22.3 Å². The van der Waals surface area contributed by atoms with E-state index < -0.39 is 17.8 Å². The Kier molecular flexibility index (Phi) is 5.99. The summed E-state index contributed by atoms with van der Waals surface area (Å²) >= 11 is 0. The molecule has 0 bridgehead atoms. The van der Waals surface area contributed by atoms with E-state index in [1.54, 1.807) is 34.2 Å². The third-order valence-corrected chi connectivity index (χ3v) is 5.20. The van der Waals surface area contributed by atoms with Gasteiger partial charge in [0.05, 0.1) is 42.9 Å². The lowest BCUT2D eigenvalue weighted by Crippen LogP contribution is -2.28. The Labute approximate surface area is 181 Å². The van der Waals surface area contributed by atoms with E-state index in [2.05, 4.69) is 27.1 Å². The molecule has 0 radical (unpaired) electrons. The number of halogens is 3. The number of likely N-dealkylation sites (tertiary alicyclic amines) is 1. The fraction of sp³-hybridized carbons (Fsp3) is 0.286. The maximum Gasteiger partial charge on any atom is 0.416 e. The third kappa shape index (κ3) is 4.67. The Hall–Kier alpha value is -3.60. The van der Waals surface area contributed by atoms with Gasteiger partial charge in [-0.2, -0.15) is 23.4 Å². The van der Waals surface area contributed by atoms with E-state index in [1.807, 2.05) is 0 Å². The van der Waals surface area contributed by atoms with Gasteiger partial charge in [-0.15, -0.1) is 5.10 Å². The molecule has 32 heavy (non-hydrogen) atoms. The van der Waals surface area contributed by atoms with Crippen LogP contribution < -0.4 is 0 Å². The van der Waals surface area contributed by atoms with Crippen molar-refractivity contribution >= 4 is 5.91 Å². The molecule has 2 atom stereocenters. The molecule has 0 N–H and O–H groups in total. The Bertz CT molecular complexity index is 1080. The largest absolute Gasteiger partial charge is 0.416 e. The summed E-state index contributed by atoms with van der Waals surface area (Å²) in [6.45, 7) is 4.24. The van der Waals surface area contributed by atoms with Gasteiger partial charge in [0.1, 0.15) is 5.69 Å². The Morgan fingerprint density at radius 3 is 2.62 bits per heavy atom. The number of ether oxygens (including phenoxy) is 1. The third-order valence-electron chi connectivity index (χ3n) is 5.20. The van der Waals surface area contributed by atoms with E-state index in [1.165, 1.54) is 18.2 Å². The van der Waals surface area contributed by atoms with Crippen molar-refractivity contribution in [2.75, 3.05) is 13.1 Å². The van der Waals surface area contributed by atoms with Crippen LogP contribution >= 0.6 is 0 Å². The van der Waals surface area contributed by atoms with Crippen LogP contribution in [0.15, 0.2) is 61.6 Å². The van der Waals surface area contributed by atoms with Crippen LogP contribution in [-0.4, -0.2) is 55.2 Å². The standard InChI is InChI=1S/C21H19F3N6O2/c1-2-20(31)29-11-18(30-10-17(27-28-30)15-7-8-25-26-9-15)19(12-29)32-13-14-3-5-16(6-4-14)21(22,23)24/h2-10,18-19H,1,11-13H2/t18-,19-/m1/s1. The molecular formula is C21H19F3N6O2. The normalized spacial score (nSPS) is 18.7. The average molecular weight is 444 g/mol. The van der Waals surface area contributed by atoms with E-state index in [4.69, 9.17) is 4.74 Å². The molecule has 11 heteroatoms. The molecule has 1 aliphatic heterocycles. The number of carbonyl (C=O) groups is 1. The van der Waals surface area contributed by atoms with Crippen LogP contribution in [0.4, 0.5) is 13.2 Å². The smallest absolute Gasteiger partial charge is 0.369 e. The van der Waals surface area contributed by atoms with Crippen molar-refractivity contribution in [1.29, 1.82) is 0 Å². The summed E-state index contributed by atoms with van der Waals surface area (Å²) in [5, 5.41) is 15.9. The predicted octanol–water partition coefficient (Wildman–Crippen LogP) is 2.91. The Morgan fingerprint density at radius 2 is 1.97 bits per heavy atom. The maximum atomic E-state index is 12.8. The molecule has 1 aromatic carbocycles. The summed E-state index contributed by atoms with van der Waals surface area (Å²) in [5.74, 6) is -0.241. The van der Waals surface area contributed by atoms with Gasteiger partial charge >= 0.3 is 6.18 Å². The molecule has 1 aliphatic rings. The summed E-state index contributed by atoms with van der Waals surface area (Å²) in [6.07, 6.45) is 1.24. The topological polar surface area (TPSA) is 86.0 Å². The van der Waals surface area contributed by atoms with Crippen LogP contribution in [0.3, 0.4) is 0 Å². The van der Waals surface area contributed by atoms with Gasteiger partial charge in [-0.25, -0.2) is 4.68 Å². The zero-order chi connectivity index (χ0) is 22.7. The first kappa shape index (κ1) is 21.6. The average Bonchev–Trinajstić information content (AvgIpc) is 3.45. The number of rotatable bonds is 6. The fourth-order valence-corrected chi connectivity index (χ4v) is 3.49. The molecule has 1 amide bonds. The molecular weight excluding hydrogens is 425 g/mol. The molecule has 0 unspecified atom stereocenters. The van der Waals surface area contributed by atoms with Gasteiger partial charge in [0.25, 0.3) is 0 Å². The fourth-order valence-electron chi connectivity index (χ4n) is 3.49. The highest BCUT2D eigenvalue weighted by Gasteiger charge is 2.37. The van der Waals surface area contributed by atoms with Gasteiger partial charge in [-0.3, -0.25) is 4.79 Å². The summed E-state index contributed by atoms with van der Waals surface area (Å²) in [5.41, 5.74) is 1.20. The SMILES string of the molecule is C=CC(=O)N1C[C@@H](n2cc(-c3ccnnc3)nn2)[C@H](OCc2ccc(C(F)(F)F)cc2)C1. The lowest BCUT2D eigenvalue weighted by Gasteiger charge is -2.19. The molecule has 0 aliphatic carbocycles. The number of nitrogens with zero attached hydrogens (tertiary/aromatic N) is 6. The molecule has 4 rings (SSSR count).